The second-order valence-corrected chi connectivity index (χ2v) is 2.02. The number of hydrogen-bond donors (Lipinski definition) is 0. The van der Waals surface area contributed by atoms with Crippen molar-refractivity contribution in [2.45, 2.75) is 19.0 Å². The molecule has 9 heavy (non-hydrogen) atoms. The molecule has 0 radical (unpaired) electrons. The van der Waals surface area contributed by atoms with Gasteiger partial charge in [-0.15, -0.1) is 0 Å². The first kappa shape index (κ1) is 9.46. The first-order valence-electron chi connectivity index (χ1n) is 2.41. The Labute approximate surface area is 63.4 Å². The van der Waals surface area contributed by atoms with Gasteiger partial charge in [0.1, 0.15) is 0 Å². The fraction of sp³-hybridized carbons (Fsp3) is 1.00. The molecule has 0 saturated heterocycles. The van der Waals surface area contributed by atoms with Crippen LogP contribution in [0.5, 0.6) is 0 Å². The van der Waals surface area contributed by atoms with Crippen LogP contribution in [0.1, 0.15) is 12.8 Å². The number of halogens is 3. The molecule has 0 spiro atoms. The first-order chi connectivity index (χ1) is 4.06. The fourth-order valence-corrected chi connectivity index (χ4v) is 0.570. The topological polar surface area (TPSA) is 9.23 Å². The summed E-state index contributed by atoms with van der Waals surface area (Å²) < 4.78 is 38.4. The van der Waals surface area contributed by atoms with Gasteiger partial charge in [-0.2, -0.15) is 0 Å². The van der Waals surface area contributed by atoms with E-state index in [1.807, 2.05) is 0 Å². The van der Waals surface area contributed by atoms with Crippen molar-refractivity contribution < 1.29 is 37.3 Å². The third-order valence-corrected chi connectivity index (χ3v) is 1.03. The second-order valence-electron chi connectivity index (χ2n) is 1.57. The van der Waals surface area contributed by atoms with Crippen molar-refractivity contribution in [3.63, 3.8) is 0 Å². The van der Waals surface area contributed by atoms with E-state index in [1.165, 1.54) is 20.8 Å². The average molecular weight is 175 g/mol. The average Bonchev–Trinajstić information content (AvgIpc) is 1.63. The third-order valence-electron chi connectivity index (χ3n) is 0.707. The van der Waals surface area contributed by atoms with Crippen molar-refractivity contribution in [2.24, 2.45) is 0 Å². The van der Waals surface area contributed by atoms with Crippen molar-refractivity contribution >= 4 is 0 Å². The van der Waals surface area contributed by atoms with Gasteiger partial charge in [0.05, 0.1) is 0 Å². The Morgan fingerprint density at radius 1 is 1.33 bits per heavy atom. The number of alkyl halides is 3. The molecule has 0 rings (SSSR count). The Hall–Kier alpha value is 0.464. The molecule has 0 bridgehead atoms. The minimum atomic E-state index is -4.03. The van der Waals surface area contributed by atoms with E-state index < -0.39 is 12.6 Å². The predicted octanol–water partition coefficient (Wildman–Crippen LogP) is 1.81. The summed E-state index contributed by atoms with van der Waals surface area (Å²) in [5.41, 5.74) is 0. The molecule has 0 aromatic heterocycles. The second kappa shape index (κ2) is 4.31. The van der Waals surface area contributed by atoms with E-state index in [2.05, 4.69) is 3.32 Å². The molecule has 0 aliphatic rings. The maximum atomic E-state index is 11.3. The van der Waals surface area contributed by atoms with E-state index in [0.717, 1.165) is 0 Å². The molecule has 53 valence electrons. The van der Waals surface area contributed by atoms with E-state index in [4.69, 9.17) is 0 Å². The molecular weight excluding hydrogens is 169 g/mol. The van der Waals surface area contributed by atoms with Crippen LogP contribution in [-0.2, 0) is 24.1 Å². The van der Waals surface area contributed by atoms with Gasteiger partial charge in [0, 0.05) is 0 Å². The van der Waals surface area contributed by atoms with Crippen LogP contribution in [0.2, 0.25) is 0 Å². The van der Waals surface area contributed by atoms with Crippen molar-refractivity contribution in [3.8, 4) is 0 Å². The Balaban J connectivity index is 3.07. The van der Waals surface area contributed by atoms with Gasteiger partial charge in [-0.05, 0) is 0 Å². The molecular formula is C4H6F3OTi. The summed E-state index contributed by atoms with van der Waals surface area (Å²) in [6, 6.07) is 0. The van der Waals surface area contributed by atoms with E-state index in [9.17, 15) is 13.2 Å². The molecule has 0 aromatic rings. The Morgan fingerprint density at radius 2 is 1.89 bits per heavy atom. The van der Waals surface area contributed by atoms with Gasteiger partial charge in [-0.25, -0.2) is 0 Å². The van der Waals surface area contributed by atoms with Crippen LogP contribution in [-0.4, -0.2) is 12.8 Å². The molecule has 0 heterocycles. The summed E-state index contributed by atoms with van der Waals surface area (Å²) in [4.78, 5) is 0. The molecule has 0 N–H and O–H groups in total. The van der Waals surface area contributed by atoms with Crippen LogP contribution in [0, 0.1) is 0 Å². The van der Waals surface area contributed by atoms with Crippen LogP contribution < -0.4 is 0 Å². The quantitative estimate of drug-likeness (QED) is 0.469. The Morgan fingerprint density at radius 3 is 2.22 bits per heavy atom. The summed E-state index contributed by atoms with van der Waals surface area (Å²) in [6.45, 7) is 0.180. The van der Waals surface area contributed by atoms with E-state index in [-0.39, 0.29) is 13.0 Å². The molecule has 0 aromatic carbocycles. The van der Waals surface area contributed by atoms with Crippen molar-refractivity contribution in [2.75, 3.05) is 6.61 Å². The van der Waals surface area contributed by atoms with Gasteiger partial charge < -0.3 is 0 Å². The predicted molar refractivity (Wildman–Crippen MR) is 21.2 cm³/mol. The summed E-state index contributed by atoms with van der Waals surface area (Å²) >= 11 is 1.39. The van der Waals surface area contributed by atoms with Gasteiger partial charge in [0.25, 0.3) is 0 Å². The van der Waals surface area contributed by atoms with E-state index >= 15 is 0 Å². The molecule has 0 unspecified atom stereocenters. The zero-order valence-electron chi connectivity index (χ0n) is 4.66. The van der Waals surface area contributed by atoms with Gasteiger partial charge in [0.2, 0.25) is 0 Å². The van der Waals surface area contributed by atoms with Crippen LogP contribution in [0.25, 0.3) is 0 Å². The van der Waals surface area contributed by atoms with Crippen LogP contribution in [0.3, 0.4) is 0 Å². The zero-order valence-corrected chi connectivity index (χ0v) is 6.23. The standard InChI is InChI=1S/C4H6F3O.Ti/c5-4(6,7)2-1-3-8;/h1-3H2;/q-1;+1. The molecule has 0 aliphatic heterocycles. The van der Waals surface area contributed by atoms with Crippen LogP contribution in [0.15, 0.2) is 0 Å². The molecule has 0 amide bonds. The molecule has 0 saturated carbocycles. The SMILES string of the molecule is FC(F)(F)CCC[O][Ti]. The first-order valence-corrected chi connectivity index (χ1v) is 3.05. The molecule has 0 atom stereocenters. The fourth-order valence-electron chi connectivity index (χ4n) is 0.345. The monoisotopic (exact) mass is 175 g/mol. The summed E-state index contributed by atoms with van der Waals surface area (Å²) in [7, 11) is 0. The molecule has 5 heteroatoms. The zero-order chi connectivity index (χ0) is 7.33. The van der Waals surface area contributed by atoms with E-state index in [0.29, 0.717) is 0 Å². The van der Waals surface area contributed by atoms with Crippen molar-refractivity contribution in [1.82, 2.24) is 0 Å². The minimum absolute atomic E-state index is 0.0556. The van der Waals surface area contributed by atoms with Gasteiger partial charge in [-0.1, -0.05) is 0 Å². The summed E-state index contributed by atoms with van der Waals surface area (Å²) in [5, 5.41) is 0. The summed E-state index contributed by atoms with van der Waals surface area (Å²) in [6.07, 6.45) is -4.72. The number of hydrogen-bond acceptors (Lipinski definition) is 1. The van der Waals surface area contributed by atoms with E-state index in [1.54, 1.807) is 0 Å². The normalized spacial score (nSPS) is 11.8. The molecule has 0 aliphatic carbocycles. The summed E-state index contributed by atoms with van der Waals surface area (Å²) in [5.74, 6) is 0. The van der Waals surface area contributed by atoms with Gasteiger partial charge in [-0.3, -0.25) is 0 Å². The Bertz CT molecular complexity index is 72.7. The van der Waals surface area contributed by atoms with Crippen molar-refractivity contribution in [1.29, 1.82) is 0 Å². The maximum absolute atomic E-state index is 11.3. The Kier molecular flexibility index (Phi) is 4.53. The van der Waals surface area contributed by atoms with Crippen LogP contribution in [0.4, 0.5) is 13.2 Å². The molecule has 0 fully saturated rings. The third kappa shape index (κ3) is 8.46. The molecule has 1 nitrogen and oxygen atoms in total. The van der Waals surface area contributed by atoms with Gasteiger partial charge >= 0.3 is 62.9 Å². The number of rotatable bonds is 3. The van der Waals surface area contributed by atoms with Crippen LogP contribution >= 0.6 is 0 Å². The van der Waals surface area contributed by atoms with Gasteiger partial charge in [0.15, 0.2) is 0 Å². The van der Waals surface area contributed by atoms with Crippen molar-refractivity contribution in [3.05, 3.63) is 0 Å².